The molecule has 0 radical (unpaired) electrons. The molecule has 22 heavy (non-hydrogen) atoms. The number of aldehydes is 1. The highest BCUT2D eigenvalue weighted by molar-refractivity contribution is 7.98. The van der Waals surface area contributed by atoms with Crippen LogP contribution in [0.5, 0.6) is 0 Å². The van der Waals surface area contributed by atoms with E-state index < -0.39 is 0 Å². The van der Waals surface area contributed by atoms with E-state index in [1.807, 2.05) is 30.3 Å². The molecular weight excluding hydrogens is 299 g/mol. The van der Waals surface area contributed by atoms with Gasteiger partial charge in [0.1, 0.15) is 11.6 Å². The lowest BCUT2D eigenvalue weighted by atomic mass is 10.2. The minimum absolute atomic E-state index is 0.200. The van der Waals surface area contributed by atoms with Crippen molar-refractivity contribution in [1.29, 1.82) is 0 Å². The van der Waals surface area contributed by atoms with E-state index in [9.17, 15) is 9.18 Å². The van der Waals surface area contributed by atoms with Gasteiger partial charge >= 0.3 is 0 Å². The highest BCUT2D eigenvalue weighted by atomic mass is 32.2. The summed E-state index contributed by atoms with van der Waals surface area (Å²) in [6.07, 6.45) is 0.679. The van der Waals surface area contributed by atoms with E-state index in [0.717, 1.165) is 10.5 Å². The molecule has 0 aliphatic rings. The van der Waals surface area contributed by atoms with E-state index in [0.29, 0.717) is 29.1 Å². The van der Waals surface area contributed by atoms with Gasteiger partial charge in [-0.2, -0.15) is 0 Å². The highest BCUT2D eigenvalue weighted by Crippen LogP contribution is 2.34. The zero-order valence-electron chi connectivity index (χ0n) is 11.7. The van der Waals surface area contributed by atoms with Crippen LogP contribution in [-0.4, -0.2) is 6.29 Å². The van der Waals surface area contributed by atoms with Gasteiger partial charge in [0.2, 0.25) is 0 Å². The Morgan fingerprint density at radius 1 is 1.00 bits per heavy atom. The normalized spacial score (nSPS) is 10.6. The van der Waals surface area contributed by atoms with Crippen LogP contribution in [0.3, 0.4) is 0 Å². The summed E-state index contributed by atoms with van der Waals surface area (Å²) in [6, 6.07) is 17.9. The van der Waals surface area contributed by atoms with E-state index in [1.54, 1.807) is 24.3 Å². The fourth-order valence-corrected chi connectivity index (χ4v) is 3.17. The largest absolute Gasteiger partial charge is 0.453 e. The molecule has 0 saturated heterocycles. The van der Waals surface area contributed by atoms with Crippen LogP contribution in [-0.2, 0) is 5.75 Å². The molecule has 0 aliphatic heterocycles. The van der Waals surface area contributed by atoms with Crippen molar-refractivity contribution in [2.45, 2.75) is 10.6 Å². The minimum atomic E-state index is -0.200. The van der Waals surface area contributed by atoms with E-state index in [1.165, 1.54) is 17.8 Å². The summed E-state index contributed by atoms with van der Waals surface area (Å²) < 4.78 is 19.2. The number of benzene rings is 2. The second-order valence-corrected chi connectivity index (χ2v) is 5.71. The van der Waals surface area contributed by atoms with Crippen molar-refractivity contribution in [2.24, 2.45) is 0 Å². The van der Waals surface area contributed by atoms with Crippen molar-refractivity contribution in [2.75, 3.05) is 0 Å². The summed E-state index contributed by atoms with van der Waals surface area (Å²) >= 11 is 1.54. The SMILES string of the molecule is O=Cc1ccc(-c2ccccc2SCc2ccccc2F)o1. The second-order valence-electron chi connectivity index (χ2n) is 4.70. The molecule has 2 aromatic carbocycles. The first-order valence-corrected chi connectivity index (χ1v) is 7.77. The third kappa shape index (κ3) is 3.12. The zero-order valence-corrected chi connectivity index (χ0v) is 12.5. The average molecular weight is 312 g/mol. The maximum Gasteiger partial charge on any atom is 0.185 e. The Bertz CT molecular complexity index is 795. The fraction of sp³-hybridized carbons (Fsp3) is 0.0556. The van der Waals surface area contributed by atoms with Gasteiger partial charge in [0, 0.05) is 16.2 Å². The van der Waals surface area contributed by atoms with E-state index >= 15 is 0 Å². The molecule has 0 spiro atoms. The Morgan fingerprint density at radius 3 is 2.55 bits per heavy atom. The first-order valence-electron chi connectivity index (χ1n) is 6.78. The molecule has 4 heteroatoms. The predicted octanol–water partition coefficient (Wildman–Crippen LogP) is 5.19. The van der Waals surface area contributed by atoms with Crippen molar-refractivity contribution in [3.05, 3.63) is 77.8 Å². The van der Waals surface area contributed by atoms with Crippen molar-refractivity contribution in [3.8, 4) is 11.3 Å². The van der Waals surface area contributed by atoms with Crippen LogP contribution in [0.1, 0.15) is 16.1 Å². The number of hydrogen-bond acceptors (Lipinski definition) is 3. The first-order chi connectivity index (χ1) is 10.8. The van der Waals surface area contributed by atoms with Crippen LogP contribution >= 0.6 is 11.8 Å². The molecule has 3 rings (SSSR count). The molecular formula is C18H13FO2S. The van der Waals surface area contributed by atoms with E-state index in [-0.39, 0.29) is 5.82 Å². The van der Waals surface area contributed by atoms with E-state index in [4.69, 9.17) is 4.42 Å². The molecule has 1 heterocycles. The molecule has 0 unspecified atom stereocenters. The topological polar surface area (TPSA) is 30.2 Å². The molecule has 0 N–H and O–H groups in total. The third-order valence-corrected chi connectivity index (χ3v) is 4.36. The minimum Gasteiger partial charge on any atom is -0.453 e. The molecule has 0 fully saturated rings. The number of carbonyl (C=O) groups excluding carboxylic acids is 1. The van der Waals surface area contributed by atoms with Crippen molar-refractivity contribution >= 4 is 18.0 Å². The van der Waals surface area contributed by atoms with Crippen LogP contribution < -0.4 is 0 Å². The summed E-state index contributed by atoms with van der Waals surface area (Å²) in [5, 5.41) is 0. The Kier molecular flexibility index (Phi) is 4.39. The quantitative estimate of drug-likeness (QED) is 0.480. The molecule has 0 bridgehead atoms. The molecule has 0 saturated carbocycles. The predicted molar refractivity (Wildman–Crippen MR) is 85.5 cm³/mol. The van der Waals surface area contributed by atoms with Crippen molar-refractivity contribution in [3.63, 3.8) is 0 Å². The van der Waals surface area contributed by atoms with Crippen molar-refractivity contribution in [1.82, 2.24) is 0 Å². The van der Waals surface area contributed by atoms with Gasteiger partial charge in [0.15, 0.2) is 12.0 Å². The van der Waals surface area contributed by atoms with Crippen LogP contribution in [0.2, 0.25) is 0 Å². The lowest BCUT2D eigenvalue weighted by Gasteiger charge is -2.07. The molecule has 110 valence electrons. The summed E-state index contributed by atoms with van der Waals surface area (Å²) in [4.78, 5) is 11.7. The maximum absolute atomic E-state index is 13.7. The number of carbonyl (C=O) groups is 1. The zero-order chi connectivity index (χ0) is 15.4. The smallest absolute Gasteiger partial charge is 0.185 e. The summed E-state index contributed by atoms with van der Waals surface area (Å²) in [7, 11) is 0. The molecule has 1 aromatic heterocycles. The number of rotatable bonds is 5. The van der Waals surface area contributed by atoms with Gasteiger partial charge in [-0.05, 0) is 29.8 Å². The Balaban J connectivity index is 1.85. The molecule has 0 aliphatic carbocycles. The van der Waals surface area contributed by atoms with Crippen LogP contribution in [0.15, 0.2) is 70.0 Å². The van der Waals surface area contributed by atoms with Gasteiger partial charge in [-0.15, -0.1) is 11.8 Å². The number of furan rings is 1. The molecule has 3 aromatic rings. The number of thioether (sulfide) groups is 1. The monoisotopic (exact) mass is 312 g/mol. The molecule has 2 nitrogen and oxygen atoms in total. The number of halogens is 1. The fourth-order valence-electron chi connectivity index (χ4n) is 2.13. The molecule has 0 atom stereocenters. The highest BCUT2D eigenvalue weighted by Gasteiger charge is 2.10. The standard InChI is InChI=1S/C18H13FO2S/c19-16-7-3-1-5-13(16)12-22-18-8-4-2-6-15(18)17-10-9-14(11-20)21-17/h1-11H,12H2. The Labute approximate surface area is 132 Å². The maximum atomic E-state index is 13.7. The Morgan fingerprint density at radius 2 is 1.77 bits per heavy atom. The lowest BCUT2D eigenvalue weighted by molar-refractivity contribution is 0.110. The van der Waals surface area contributed by atoms with Crippen LogP contribution in [0, 0.1) is 5.82 Å². The summed E-state index contributed by atoms with van der Waals surface area (Å²) in [6.45, 7) is 0. The third-order valence-electron chi connectivity index (χ3n) is 3.24. The molecule has 0 amide bonds. The number of hydrogen-bond donors (Lipinski definition) is 0. The van der Waals surface area contributed by atoms with Crippen LogP contribution in [0.25, 0.3) is 11.3 Å². The van der Waals surface area contributed by atoms with Gasteiger partial charge in [0.25, 0.3) is 0 Å². The van der Waals surface area contributed by atoms with Gasteiger partial charge in [-0.25, -0.2) is 4.39 Å². The first kappa shape index (κ1) is 14.6. The Hall–Kier alpha value is -2.33. The van der Waals surface area contributed by atoms with E-state index in [2.05, 4.69) is 0 Å². The van der Waals surface area contributed by atoms with Gasteiger partial charge in [-0.1, -0.05) is 36.4 Å². The van der Waals surface area contributed by atoms with Gasteiger partial charge in [0.05, 0.1) is 0 Å². The van der Waals surface area contributed by atoms with Crippen molar-refractivity contribution < 1.29 is 13.6 Å². The van der Waals surface area contributed by atoms with Crippen LogP contribution in [0.4, 0.5) is 4.39 Å². The second kappa shape index (κ2) is 6.62. The lowest BCUT2D eigenvalue weighted by Crippen LogP contribution is -1.87. The average Bonchev–Trinajstić information content (AvgIpc) is 3.03. The summed E-state index contributed by atoms with van der Waals surface area (Å²) in [5.41, 5.74) is 1.56. The summed E-state index contributed by atoms with van der Waals surface area (Å²) in [5.74, 6) is 1.27. The van der Waals surface area contributed by atoms with Gasteiger partial charge < -0.3 is 4.42 Å². The van der Waals surface area contributed by atoms with Gasteiger partial charge in [-0.3, -0.25) is 4.79 Å².